The van der Waals surface area contributed by atoms with Crippen molar-refractivity contribution in [2.75, 3.05) is 23.3 Å². The Bertz CT molecular complexity index is 1220. The fourth-order valence-electron chi connectivity index (χ4n) is 4.38. The summed E-state index contributed by atoms with van der Waals surface area (Å²) in [6.07, 6.45) is 2.43. The van der Waals surface area contributed by atoms with Crippen molar-refractivity contribution in [2.45, 2.75) is 19.4 Å². The lowest BCUT2D eigenvalue weighted by Gasteiger charge is -2.18. The SMILES string of the molecule is O=C1C(Nc2ccc(N3CCCC3)cc2)=C(c2ccccc2)C(=O)N1Cc1ccccc1Cl. The lowest BCUT2D eigenvalue weighted by atomic mass is 10.0. The molecule has 2 heterocycles. The van der Waals surface area contributed by atoms with Crippen LogP contribution in [0.2, 0.25) is 5.02 Å². The number of amides is 2. The van der Waals surface area contributed by atoms with Crippen LogP contribution in [-0.4, -0.2) is 29.8 Å². The van der Waals surface area contributed by atoms with Gasteiger partial charge in [-0.25, -0.2) is 0 Å². The first kappa shape index (κ1) is 21.3. The molecule has 0 aromatic heterocycles. The molecule has 0 unspecified atom stereocenters. The van der Waals surface area contributed by atoms with Crippen LogP contribution in [-0.2, 0) is 16.1 Å². The summed E-state index contributed by atoms with van der Waals surface area (Å²) in [5.41, 5.74) is 4.02. The normalized spacial score (nSPS) is 16.2. The first-order valence-electron chi connectivity index (χ1n) is 11.1. The first-order chi connectivity index (χ1) is 16.1. The van der Waals surface area contributed by atoms with Gasteiger partial charge >= 0.3 is 0 Å². The topological polar surface area (TPSA) is 52.7 Å². The van der Waals surface area contributed by atoms with Crippen molar-refractivity contribution in [1.82, 2.24) is 4.90 Å². The van der Waals surface area contributed by atoms with E-state index in [1.54, 1.807) is 6.07 Å². The molecule has 0 saturated carbocycles. The fraction of sp³-hybridized carbons (Fsp3) is 0.185. The molecule has 0 aliphatic carbocycles. The van der Waals surface area contributed by atoms with Crippen LogP contribution in [0.25, 0.3) is 5.57 Å². The van der Waals surface area contributed by atoms with Gasteiger partial charge in [0.2, 0.25) is 0 Å². The zero-order valence-corrected chi connectivity index (χ0v) is 18.9. The van der Waals surface area contributed by atoms with Crippen LogP contribution in [0.3, 0.4) is 0 Å². The molecule has 5 nitrogen and oxygen atoms in total. The maximum absolute atomic E-state index is 13.4. The van der Waals surface area contributed by atoms with E-state index >= 15 is 0 Å². The number of anilines is 2. The summed E-state index contributed by atoms with van der Waals surface area (Å²) in [4.78, 5) is 30.5. The number of imide groups is 1. The van der Waals surface area contributed by atoms with Gasteiger partial charge in [0.1, 0.15) is 5.70 Å². The van der Waals surface area contributed by atoms with Crippen molar-refractivity contribution in [3.8, 4) is 0 Å². The number of hydrogen-bond acceptors (Lipinski definition) is 4. The van der Waals surface area contributed by atoms with E-state index in [0.717, 1.165) is 24.3 Å². The van der Waals surface area contributed by atoms with Crippen LogP contribution in [0.15, 0.2) is 84.6 Å². The second-order valence-electron chi connectivity index (χ2n) is 8.27. The molecule has 3 aromatic carbocycles. The van der Waals surface area contributed by atoms with Crippen LogP contribution >= 0.6 is 11.6 Å². The summed E-state index contributed by atoms with van der Waals surface area (Å²) in [5, 5.41) is 3.76. The minimum absolute atomic E-state index is 0.118. The highest BCUT2D eigenvalue weighted by molar-refractivity contribution is 6.36. The largest absolute Gasteiger partial charge is 0.372 e. The molecule has 1 N–H and O–H groups in total. The number of nitrogens with zero attached hydrogens (tertiary/aromatic N) is 2. The molecule has 1 saturated heterocycles. The minimum Gasteiger partial charge on any atom is -0.372 e. The number of carbonyl (C=O) groups excluding carboxylic acids is 2. The van der Waals surface area contributed by atoms with Gasteiger partial charge in [0.25, 0.3) is 11.8 Å². The Hall–Kier alpha value is -3.57. The van der Waals surface area contributed by atoms with Gasteiger partial charge in [-0.2, -0.15) is 0 Å². The smallest absolute Gasteiger partial charge is 0.278 e. The third-order valence-corrected chi connectivity index (χ3v) is 6.49. The van der Waals surface area contributed by atoms with Gasteiger partial charge in [-0.05, 0) is 54.3 Å². The molecule has 3 aromatic rings. The van der Waals surface area contributed by atoms with Crippen molar-refractivity contribution in [3.05, 3.63) is 101 Å². The van der Waals surface area contributed by atoms with Crippen molar-refractivity contribution >= 4 is 40.4 Å². The predicted octanol–water partition coefficient (Wildman–Crippen LogP) is 5.33. The highest BCUT2D eigenvalue weighted by Gasteiger charge is 2.39. The van der Waals surface area contributed by atoms with Crippen LogP contribution < -0.4 is 10.2 Å². The Labute approximate surface area is 198 Å². The van der Waals surface area contributed by atoms with Gasteiger partial charge in [0, 0.05) is 29.5 Å². The third-order valence-electron chi connectivity index (χ3n) is 6.12. The Balaban J connectivity index is 1.46. The Morgan fingerprint density at radius 2 is 1.45 bits per heavy atom. The monoisotopic (exact) mass is 457 g/mol. The number of nitrogens with one attached hydrogen (secondary N) is 1. The minimum atomic E-state index is -0.359. The average molecular weight is 458 g/mol. The van der Waals surface area contributed by atoms with Crippen molar-refractivity contribution in [2.24, 2.45) is 0 Å². The maximum Gasteiger partial charge on any atom is 0.278 e. The number of rotatable bonds is 6. The molecule has 2 aliphatic heterocycles. The van der Waals surface area contributed by atoms with E-state index in [1.165, 1.54) is 23.4 Å². The predicted molar refractivity (Wildman–Crippen MR) is 132 cm³/mol. The molecule has 166 valence electrons. The van der Waals surface area contributed by atoms with Gasteiger partial charge < -0.3 is 10.2 Å². The summed E-state index contributed by atoms with van der Waals surface area (Å²) in [6.45, 7) is 2.26. The van der Waals surface area contributed by atoms with Gasteiger partial charge in [-0.1, -0.05) is 60.1 Å². The summed E-state index contributed by atoms with van der Waals surface area (Å²) >= 11 is 6.30. The maximum atomic E-state index is 13.4. The van der Waals surface area contributed by atoms with Gasteiger partial charge in [-0.15, -0.1) is 0 Å². The molecular weight excluding hydrogens is 434 g/mol. The summed E-state index contributed by atoms with van der Waals surface area (Å²) < 4.78 is 0. The van der Waals surface area contributed by atoms with Crippen LogP contribution in [0.4, 0.5) is 11.4 Å². The molecule has 2 amide bonds. The van der Waals surface area contributed by atoms with Crippen molar-refractivity contribution < 1.29 is 9.59 Å². The molecule has 1 fully saturated rings. The van der Waals surface area contributed by atoms with E-state index in [-0.39, 0.29) is 24.1 Å². The highest BCUT2D eigenvalue weighted by Crippen LogP contribution is 2.33. The summed E-state index contributed by atoms with van der Waals surface area (Å²) in [5.74, 6) is -0.690. The number of halogens is 1. The molecule has 6 heteroatoms. The van der Waals surface area contributed by atoms with Crippen molar-refractivity contribution in [3.63, 3.8) is 0 Å². The van der Waals surface area contributed by atoms with E-state index < -0.39 is 0 Å². The van der Waals surface area contributed by atoms with E-state index in [1.807, 2.05) is 60.7 Å². The van der Waals surface area contributed by atoms with Gasteiger partial charge in [0.15, 0.2) is 0 Å². The highest BCUT2D eigenvalue weighted by atomic mass is 35.5. The van der Waals surface area contributed by atoms with Gasteiger partial charge in [0.05, 0.1) is 12.1 Å². The zero-order chi connectivity index (χ0) is 22.8. The van der Waals surface area contributed by atoms with E-state index in [2.05, 4.69) is 22.3 Å². The summed E-state index contributed by atoms with van der Waals surface area (Å²) in [7, 11) is 0. The van der Waals surface area contributed by atoms with Crippen LogP contribution in [0.5, 0.6) is 0 Å². The Kier molecular flexibility index (Phi) is 5.88. The van der Waals surface area contributed by atoms with E-state index in [4.69, 9.17) is 11.6 Å². The lowest BCUT2D eigenvalue weighted by molar-refractivity contribution is -0.137. The molecule has 33 heavy (non-hydrogen) atoms. The molecule has 0 radical (unpaired) electrons. The zero-order valence-electron chi connectivity index (χ0n) is 18.1. The second-order valence-corrected chi connectivity index (χ2v) is 8.68. The first-order valence-corrected chi connectivity index (χ1v) is 11.5. The number of hydrogen-bond donors (Lipinski definition) is 1. The molecule has 0 bridgehead atoms. The quantitative estimate of drug-likeness (QED) is 0.508. The molecule has 5 rings (SSSR count). The van der Waals surface area contributed by atoms with Gasteiger partial charge in [-0.3, -0.25) is 14.5 Å². The lowest BCUT2D eigenvalue weighted by Crippen LogP contribution is -2.32. The van der Waals surface area contributed by atoms with E-state index in [0.29, 0.717) is 16.2 Å². The molecule has 2 aliphatic rings. The Morgan fingerprint density at radius 1 is 0.788 bits per heavy atom. The number of benzene rings is 3. The van der Waals surface area contributed by atoms with Crippen LogP contribution in [0, 0.1) is 0 Å². The third kappa shape index (κ3) is 4.24. The molecule has 0 atom stereocenters. The van der Waals surface area contributed by atoms with Crippen molar-refractivity contribution in [1.29, 1.82) is 0 Å². The molecule has 0 spiro atoms. The van der Waals surface area contributed by atoms with Crippen LogP contribution in [0.1, 0.15) is 24.0 Å². The Morgan fingerprint density at radius 3 is 2.15 bits per heavy atom. The van der Waals surface area contributed by atoms with E-state index in [9.17, 15) is 9.59 Å². The number of carbonyl (C=O) groups is 2. The standard InChI is InChI=1S/C27H24ClN3O2/c28-23-11-5-4-10-20(23)18-31-26(32)24(19-8-2-1-3-9-19)25(27(31)33)29-21-12-14-22(15-13-21)30-16-6-7-17-30/h1-5,8-15,29H,6-7,16-18H2. The second kappa shape index (κ2) is 9.12. The summed E-state index contributed by atoms with van der Waals surface area (Å²) in [6, 6.07) is 24.6. The molecular formula is C27H24ClN3O2. The fourth-order valence-corrected chi connectivity index (χ4v) is 4.58. The average Bonchev–Trinajstić information content (AvgIpc) is 3.45.